The van der Waals surface area contributed by atoms with E-state index in [-0.39, 0.29) is 0 Å². The predicted octanol–water partition coefficient (Wildman–Crippen LogP) is 1.64. The molecule has 0 atom stereocenters. The maximum absolute atomic E-state index is 3.91. The van der Waals surface area contributed by atoms with Crippen molar-refractivity contribution in [2.45, 2.75) is 0 Å². The lowest BCUT2D eigenvalue weighted by Gasteiger charge is -2.35. The second-order valence-electron chi connectivity index (χ2n) is 3.66. The summed E-state index contributed by atoms with van der Waals surface area (Å²) in [6, 6.07) is 10.6. The molecule has 0 aliphatic carbocycles. The van der Waals surface area contributed by atoms with Crippen molar-refractivity contribution in [3.8, 4) is 0 Å². The molecule has 1 aliphatic rings. The molecule has 2 heteroatoms. The van der Waals surface area contributed by atoms with Crippen molar-refractivity contribution >= 4 is 5.69 Å². The van der Waals surface area contributed by atoms with E-state index in [0.717, 1.165) is 32.7 Å². The van der Waals surface area contributed by atoms with E-state index in [2.05, 4.69) is 47.1 Å². The molecule has 0 unspecified atom stereocenters. The summed E-state index contributed by atoms with van der Waals surface area (Å²) in [5.41, 5.74) is 1.34. The van der Waals surface area contributed by atoms with E-state index in [1.54, 1.807) is 0 Å². The van der Waals surface area contributed by atoms with Gasteiger partial charge in [0.1, 0.15) is 0 Å². The van der Waals surface area contributed by atoms with Crippen molar-refractivity contribution in [2.24, 2.45) is 0 Å². The minimum atomic E-state index is 0.933. The van der Waals surface area contributed by atoms with Crippen LogP contribution in [0.2, 0.25) is 0 Å². The van der Waals surface area contributed by atoms with Gasteiger partial charge in [-0.05, 0) is 25.6 Å². The first-order valence-corrected chi connectivity index (χ1v) is 5.22. The number of hydrogen-bond acceptors (Lipinski definition) is 2. The molecule has 1 heterocycles. The molecule has 2 rings (SSSR count). The van der Waals surface area contributed by atoms with E-state index in [1.807, 2.05) is 0 Å². The first kappa shape index (κ1) is 9.53. The second-order valence-corrected chi connectivity index (χ2v) is 3.66. The van der Waals surface area contributed by atoms with E-state index >= 15 is 0 Å². The molecule has 1 aliphatic heterocycles. The van der Waals surface area contributed by atoms with Crippen LogP contribution in [0.3, 0.4) is 0 Å². The van der Waals surface area contributed by atoms with Crippen LogP contribution in [-0.4, -0.2) is 37.6 Å². The Morgan fingerprint density at radius 3 is 2.21 bits per heavy atom. The molecule has 0 N–H and O–H groups in total. The van der Waals surface area contributed by atoms with Crippen LogP contribution in [0, 0.1) is 6.92 Å². The van der Waals surface area contributed by atoms with Crippen molar-refractivity contribution in [3.05, 3.63) is 37.3 Å². The van der Waals surface area contributed by atoms with Crippen LogP contribution in [0.1, 0.15) is 0 Å². The molecule has 0 spiro atoms. The average Bonchev–Trinajstić information content (AvgIpc) is 2.30. The zero-order valence-electron chi connectivity index (χ0n) is 8.52. The van der Waals surface area contributed by atoms with Crippen molar-refractivity contribution < 1.29 is 0 Å². The molecule has 0 saturated carbocycles. The fourth-order valence-electron chi connectivity index (χ4n) is 1.87. The van der Waals surface area contributed by atoms with E-state index in [1.165, 1.54) is 5.69 Å². The maximum atomic E-state index is 3.91. The molecule has 1 saturated heterocycles. The van der Waals surface area contributed by atoms with Gasteiger partial charge in [0.2, 0.25) is 0 Å². The number of benzene rings is 1. The molecule has 1 aromatic rings. The molecule has 0 bridgehead atoms. The van der Waals surface area contributed by atoms with Gasteiger partial charge in [0.15, 0.2) is 0 Å². The van der Waals surface area contributed by atoms with Gasteiger partial charge in [0.05, 0.1) is 0 Å². The molecule has 1 aromatic carbocycles. The summed E-state index contributed by atoms with van der Waals surface area (Å²) in [5.74, 6) is 0. The first-order chi connectivity index (χ1) is 6.90. The number of piperazine rings is 1. The molecule has 2 nitrogen and oxygen atoms in total. The molecule has 14 heavy (non-hydrogen) atoms. The number of para-hydroxylation sites is 1. The monoisotopic (exact) mass is 189 g/mol. The highest BCUT2D eigenvalue weighted by Gasteiger charge is 2.14. The largest absolute Gasteiger partial charge is 0.369 e. The van der Waals surface area contributed by atoms with Gasteiger partial charge in [-0.2, -0.15) is 0 Å². The highest BCUT2D eigenvalue weighted by Crippen LogP contribution is 2.14. The smallest absolute Gasteiger partial charge is 0.0367 e. The van der Waals surface area contributed by atoms with Gasteiger partial charge in [-0.15, -0.1) is 0 Å². The van der Waals surface area contributed by atoms with E-state index in [4.69, 9.17) is 0 Å². The van der Waals surface area contributed by atoms with Gasteiger partial charge in [0.25, 0.3) is 0 Å². The summed E-state index contributed by atoms with van der Waals surface area (Å²) in [7, 11) is 0. The lowest BCUT2D eigenvalue weighted by molar-refractivity contribution is 0.283. The van der Waals surface area contributed by atoms with Gasteiger partial charge < -0.3 is 4.90 Å². The normalized spacial score (nSPS) is 18.5. The van der Waals surface area contributed by atoms with E-state index < -0.39 is 0 Å². The zero-order valence-corrected chi connectivity index (χ0v) is 8.52. The third kappa shape index (κ3) is 2.07. The number of nitrogens with zero attached hydrogens (tertiary/aromatic N) is 2. The van der Waals surface area contributed by atoms with E-state index in [0.29, 0.717) is 0 Å². The van der Waals surface area contributed by atoms with Crippen molar-refractivity contribution in [3.63, 3.8) is 0 Å². The van der Waals surface area contributed by atoms with Gasteiger partial charge in [-0.3, -0.25) is 4.90 Å². The van der Waals surface area contributed by atoms with Gasteiger partial charge in [-0.25, -0.2) is 0 Å². The third-order valence-electron chi connectivity index (χ3n) is 2.81. The number of anilines is 1. The summed E-state index contributed by atoms with van der Waals surface area (Å²) in [5, 5.41) is 0. The standard InChI is InChI=1S/C12H17N2/c1-2-13-8-10-14(11-9-13)12-6-4-3-5-7-12/h3-7H,1-2,8-11H2. The zero-order chi connectivity index (χ0) is 9.80. The topological polar surface area (TPSA) is 6.48 Å². The van der Waals surface area contributed by atoms with Crippen LogP contribution in [0.25, 0.3) is 0 Å². The Morgan fingerprint density at radius 2 is 1.64 bits per heavy atom. The Kier molecular flexibility index (Phi) is 3.04. The number of hydrogen-bond donors (Lipinski definition) is 0. The van der Waals surface area contributed by atoms with Crippen molar-refractivity contribution in [2.75, 3.05) is 37.6 Å². The Bertz CT molecular complexity index is 263. The fraction of sp³-hybridized carbons (Fsp3) is 0.417. The van der Waals surface area contributed by atoms with Gasteiger partial charge in [-0.1, -0.05) is 18.2 Å². The van der Waals surface area contributed by atoms with Crippen molar-refractivity contribution in [1.29, 1.82) is 0 Å². The SMILES string of the molecule is [CH2]CN1CCN(c2ccccc2)CC1. The Morgan fingerprint density at radius 1 is 1.00 bits per heavy atom. The Hall–Kier alpha value is -1.02. The quantitative estimate of drug-likeness (QED) is 0.698. The molecule has 0 aromatic heterocycles. The second kappa shape index (κ2) is 4.47. The summed E-state index contributed by atoms with van der Waals surface area (Å²) in [4.78, 5) is 4.82. The summed E-state index contributed by atoms with van der Waals surface area (Å²) >= 11 is 0. The summed E-state index contributed by atoms with van der Waals surface area (Å²) < 4.78 is 0. The maximum Gasteiger partial charge on any atom is 0.0367 e. The first-order valence-electron chi connectivity index (χ1n) is 5.22. The predicted molar refractivity (Wildman–Crippen MR) is 60.5 cm³/mol. The lowest BCUT2D eigenvalue weighted by Crippen LogP contribution is -2.46. The average molecular weight is 189 g/mol. The highest BCUT2D eigenvalue weighted by atomic mass is 15.3. The highest BCUT2D eigenvalue weighted by molar-refractivity contribution is 5.46. The lowest BCUT2D eigenvalue weighted by atomic mass is 10.2. The number of rotatable bonds is 2. The molecular weight excluding hydrogens is 172 g/mol. The van der Waals surface area contributed by atoms with Crippen LogP contribution in [0.15, 0.2) is 30.3 Å². The van der Waals surface area contributed by atoms with Crippen LogP contribution >= 0.6 is 0 Å². The minimum absolute atomic E-state index is 0.933. The van der Waals surface area contributed by atoms with Gasteiger partial charge in [0, 0.05) is 31.9 Å². The Labute approximate surface area is 86.1 Å². The summed E-state index contributed by atoms with van der Waals surface area (Å²) in [6.07, 6.45) is 0. The van der Waals surface area contributed by atoms with Crippen LogP contribution in [-0.2, 0) is 0 Å². The minimum Gasteiger partial charge on any atom is -0.369 e. The van der Waals surface area contributed by atoms with Gasteiger partial charge >= 0.3 is 0 Å². The van der Waals surface area contributed by atoms with E-state index in [9.17, 15) is 0 Å². The molecule has 1 fully saturated rings. The van der Waals surface area contributed by atoms with Crippen molar-refractivity contribution in [1.82, 2.24) is 4.90 Å². The molecular formula is C12H17N2. The van der Waals surface area contributed by atoms with Crippen LogP contribution in [0.5, 0.6) is 0 Å². The van der Waals surface area contributed by atoms with Crippen LogP contribution in [0.4, 0.5) is 5.69 Å². The summed E-state index contributed by atoms with van der Waals surface area (Å²) in [6.45, 7) is 9.37. The van der Waals surface area contributed by atoms with Crippen LogP contribution < -0.4 is 4.90 Å². The molecule has 1 radical (unpaired) electrons. The third-order valence-corrected chi connectivity index (χ3v) is 2.81. The fourth-order valence-corrected chi connectivity index (χ4v) is 1.87. The molecule has 0 amide bonds. The Balaban J connectivity index is 1.96. The molecule has 75 valence electrons.